The fourth-order valence-corrected chi connectivity index (χ4v) is 2.23. The minimum absolute atomic E-state index is 0.162. The van der Waals surface area contributed by atoms with Crippen molar-refractivity contribution >= 4 is 33.3 Å². The summed E-state index contributed by atoms with van der Waals surface area (Å²) in [5.41, 5.74) is 3.28. The van der Waals surface area contributed by atoms with E-state index in [4.69, 9.17) is 0 Å². The Morgan fingerprint density at radius 2 is 2.29 bits per heavy atom. The molecule has 0 radical (unpaired) electrons. The van der Waals surface area contributed by atoms with Crippen molar-refractivity contribution in [2.45, 2.75) is 0 Å². The monoisotopic (exact) mass is 244 g/mol. The SMILES string of the molecule is O=C(Nc1ccn[nH]1)c1ccc2ncsc2c1. The first kappa shape index (κ1) is 9.98. The number of rotatable bonds is 2. The van der Waals surface area contributed by atoms with Gasteiger partial charge in [0.05, 0.1) is 21.9 Å². The second kappa shape index (κ2) is 3.99. The number of amides is 1. The van der Waals surface area contributed by atoms with Crippen molar-refractivity contribution in [2.75, 3.05) is 5.32 Å². The molecule has 0 spiro atoms. The van der Waals surface area contributed by atoms with Gasteiger partial charge in [-0.05, 0) is 18.2 Å². The number of thiazole rings is 1. The lowest BCUT2D eigenvalue weighted by Crippen LogP contribution is -2.11. The van der Waals surface area contributed by atoms with E-state index in [9.17, 15) is 4.79 Å². The highest BCUT2D eigenvalue weighted by Crippen LogP contribution is 2.19. The van der Waals surface area contributed by atoms with E-state index >= 15 is 0 Å². The molecule has 6 heteroatoms. The Morgan fingerprint density at radius 3 is 3.12 bits per heavy atom. The van der Waals surface area contributed by atoms with Crippen LogP contribution in [-0.2, 0) is 0 Å². The first-order valence-electron chi connectivity index (χ1n) is 4.97. The highest BCUT2D eigenvalue weighted by atomic mass is 32.1. The van der Waals surface area contributed by atoms with Crippen molar-refractivity contribution in [2.24, 2.45) is 0 Å². The van der Waals surface area contributed by atoms with Crippen LogP contribution in [-0.4, -0.2) is 21.1 Å². The molecule has 0 aliphatic heterocycles. The maximum atomic E-state index is 11.9. The van der Waals surface area contributed by atoms with Crippen LogP contribution in [0.1, 0.15) is 10.4 Å². The predicted octanol–water partition coefficient (Wildman–Crippen LogP) is 2.27. The van der Waals surface area contributed by atoms with Crippen molar-refractivity contribution in [1.82, 2.24) is 15.2 Å². The predicted molar refractivity (Wildman–Crippen MR) is 66.2 cm³/mol. The van der Waals surface area contributed by atoms with Gasteiger partial charge in [-0.1, -0.05) is 0 Å². The molecule has 0 bridgehead atoms. The van der Waals surface area contributed by atoms with E-state index < -0.39 is 0 Å². The van der Waals surface area contributed by atoms with Gasteiger partial charge in [-0.25, -0.2) is 4.98 Å². The van der Waals surface area contributed by atoms with E-state index in [0.717, 1.165) is 10.2 Å². The van der Waals surface area contributed by atoms with Gasteiger partial charge >= 0.3 is 0 Å². The standard InChI is InChI=1S/C11H8N4OS/c16-11(14-10-3-4-13-15-10)7-1-2-8-9(5-7)17-6-12-8/h1-6H,(H2,13,14,15,16). The lowest BCUT2D eigenvalue weighted by Gasteiger charge is -2.01. The average molecular weight is 244 g/mol. The molecule has 3 aromatic rings. The molecule has 0 saturated heterocycles. The summed E-state index contributed by atoms with van der Waals surface area (Å²) in [7, 11) is 0. The number of benzene rings is 1. The van der Waals surface area contributed by atoms with E-state index in [1.807, 2.05) is 12.1 Å². The van der Waals surface area contributed by atoms with Crippen LogP contribution >= 0.6 is 11.3 Å². The molecule has 1 amide bonds. The molecule has 0 aliphatic carbocycles. The number of hydrogen-bond acceptors (Lipinski definition) is 4. The molecule has 0 atom stereocenters. The summed E-state index contributed by atoms with van der Waals surface area (Å²) in [5.74, 6) is 0.420. The summed E-state index contributed by atoms with van der Waals surface area (Å²) >= 11 is 1.52. The van der Waals surface area contributed by atoms with Crippen LogP contribution in [0.25, 0.3) is 10.2 Å². The normalized spacial score (nSPS) is 10.6. The van der Waals surface area contributed by atoms with Crippen LogP contribution < -0.4 is 5.32 Å². The minimum atomic E-state index is -0.162. The van der Waals surface area contributed by atoms with Crippen molar-refractivity contribution in [3.05, 3.63) is 41.5 Å². The van der Waals surface area contributed by atoms with Gasteiger partial charge in [-0.3, -0.25) is 9.89 Å². The van der Waals surface area contributed by atoms with Crippen molar-refractivity contribution in [3.8, 4) is 0 Å². The van der Waals surface area contributed by atoms with Crippen molar-refractivity contribution < 1.29 is 4.79 Å². The van der Waals surface area contributed by atoms with Gasteiger partial charge in [-0.2, -0.15) is 5.10 Å². The molecule has 17 heavy (non-hydrogen) atoms. The lowest BCUT2D eigenvalue weighted by molar-refractivity contribution is 0.102. The highest BCUT2D eigenvalue weighted by Gasteiger charge is 2.08. The molecule has 0 saturated carbocycles. The fraction of sp³-hybridized carbons (Fsp3) is 0. The van der Waals surface area contributed by atoms with E-state index in [-0.39, 0.29) is 5.91 Å². The zero-order valence-electron chi connectivity index (χ0n) is 8.68. The number of nitrogens with one attached hydrogen (secondary N) is 2. The molecule has 0 unspecified atom stereocenters. The molecule has 1 aromatic carbocycles. The summed E-state index contributed by atoms with van der Waals surface area (Å²) in [4.78, 5) is 16.1. The molecule has 3 rings (SSSR count). The summed E-state index contributed by atoms with van der Waals surface area (Å²) in [6, 6.07) is 7.13. The van der Waals surface area contributed by atoms with E-state index in [1.54, 1.807) is 23.8 Å². The Hall–Kier alpha value is -2.21. The third-order valence-electron chi connectivity index (χ3n) is 2.34. The van der Waals surface area contributed by atoms with Crippen LogP contribution in [0.15, 0.2) is 36.0 Å². The number of aromatic nitrogens is 3. The molecular weight excluding hydrogens is 236 g/mol. The van der Waals surface area contributed by atoms with Crippen molar-refractivity contribution in [1.29, 1.82) is 0 Å². The molecule has 2 N–H and O–H groups in total. The topological polar surface area (TPSA) is 70.7 Å². The van der Waals surface area contributed by atoms with Crippen LogP contribution in [0.4, 0.5) is 5.82 Å². The Labute approximate surface area is 101 Å². The number of aromatic amines is 1. The first-order chi connectivity index (χ1) is 8.33. The van der Waals surface area contributed by atoms with Gasteiger partial charge in [0, 0.05) is 11.6 Å². The van der Waals surface area contributed by atoms with E-state index in [2.05, 4.69) is 20.5 Å². The smallest absolute Gasteiger partial charge is 0.256 e. The Morgan fingerprint density at radius 1 is 1.35 bits per heavy atom. The largest absolute Gasteiger partial charge is 0.307 e. The van der Waals surface area contributed by atoms with Crippen molar-refractivity contribution in [3.63, 3.8) is 0 Å². The number of anilines is 1. The minimum Gasteiger partial charge on any atom is -0.307 e. The Kier molecular flexibility index (Phi) is 2.34. The summed E-state index contributed by atoms with van der Waals surface area (Å²) < 4.78 is 1.00. The maximum absolute atomic E-state index is 11.9. The highest BCUT2D eigenvalue weighted by molar-refractivity contribution is 7.16. The number of carbonyl (C=O) groups excluding carboxylic acids is 1. The zero-order chi connectivity index (χ0) is 11.7. The third kappa shape index (κ3) is 1.90. The second-order valence-corrected chi connectivity index (χ2v) is 4.35. The van der Waals surface area contributed by atoms with Gasteiger partial charge < -0.3 is 5.32 Å². The van der Waals surface area contributed by atoms with Crippen LogP contribution in [0.2, 0.25) is 0 Å². The quantitative estimate of drug-likeness (QED) is 0.726. The molecular formula is C11H8N4OS. The van der Waals surface area contributed by atoms with Crippen LogP contribution in [0.5, 0.6) is 0 Å². The third-order valence-corrected chi connectivity index (χ3v) is 3.13. The number of H-pyrrole nitrogens is 1. The maximum Gasteiger partial charge on any atom is 0.256 e. The number of hydrogen-bond donors (Lipinski definition) is 2. The van der Waals surface area contributed by atoms with Gasteiger partial charge in [0.25, 0.3) is 5.91 Å². The molecule has 5 nitrogen and oxygen atoms in total. The lowest BCUT2D eigenvalue weighted by atomic mass is 10.2. The number of fused-ring (bicyclic) bond motifs is 1. The Bertz CT molecular complexity index is 659. The van der Waals surface area contributed by atoms with Gasteiger partial charge in [0.15, 0.2) is 0 Å². The number of nitrogens with zero attached hydrogens (tertiary/aromatic N) is 2. The van der Waals surface area contributed by atoms with Crippen LogP contribution in [0, 0.1) is 0 Å². The average Bonchev–Trinajstić information content (AvgIpc) is 2.97. The Balaban J connectivity index is 1.90. The number of carbonyl (C=O) groups is 1. The van der Waals surface area contributed by atoms with Crippen LogP contribution in [0.3, 0.4) is 0 Å². The molecule has 2 aromatic heterocycles. The van der Waals surface area contributed by atoms with E-state index in [0.29, 0.717) is 11.4 Å². The fourth-order valence-electron chi connectivity index (χ4n) is 1.52. The molecule has 84 valence electrons. The van der Waals surface area contributed by atoms with Gasteiger partial charge in [0.2, 0.25) is 0 Å². The summed E-state index contributed by atoms with van der Waals surface area (Å²) in [6.45, 7) is 0. The summed E-state index contributed by atoms with van der Waals surface area (Å²) in [6.07, 6.45) is 1.59. The zero-order valence-corrected chi connectivity index (χ0v) is 9.49. The van der Waals surface area contributed by atoms with E-state index in [1.165, 1.54) is 11.3 Å². The first-order valence-corrected chi connectivity index (χ1v) is 5.85. The molecule has 2 heterocycles. The molecule has 0 aliphatic rings. The molecule has 0 fully saturated rings. The summed E-state index contributed by atoms with van der Waals surface area (Å²) in [5, 5.41) is 9.16. The van der Waals surface area contributed by atoms with Gasteiger partial charge in [0.1, 0.15) is 5.82 Å². The second-order valence-electron chi connectivity index (χ2n) is 3.46. The van der Waals surface area contributed by atoms with Gasteiger partial charge in [-0.15, -0.1) is 11.3 Å².